The van der Waals surface area contributed by atoms with Gasteiger partial charge in [0.05, 0.1) is 17.7 Å². The number of hydrogen-bond donors (Lipinski definition) is 0. The molecule has 0 aliphatic carbocycles. The molecule has 0 N–H and O–H groups in total. The largest absolute Gasteiger partial charge is 0.462 e. The summed E-state index contributed by atoms with van der Waals surface area (Å²) in [7, 11) is 0. The molecule has 0 heterocycles. The van der Waals surface area contributed by atoms with E-state index in [4.69, 9.17) is 10.00 Å². The first-order valence-electron chi connectivity index (χ1n) is 6.13. The van der Waals surface area contributed by atoms with Crippen molar-refractivity contribution >= 4 is 5.97 Å². The van der Waals surface area contributed by atoms with E-state index in [0.717, 1.165) is 5.56 Å². The number of hydrogen-bond acceptors (Lipinski definition) is 3. The summed E-state index contributed by atoms with van der Waals surface area (Å²) in [5.74, 6) is -0.940. The molecule has 3 nitrogen and oxygen atoms in total. The summed E-state index contributed by atoms with van der Waals surface area (Å²) in [5.41, 5.74) is 1.87. The van der Waals surface area contributed by atoms with Gasteiger partial charge in [0, 0.05) is 0 Å². The Morgan fingerprint density at radius 2 is 1.85 bits per heavy atom. The van der Waals surface area contributed by atoms with E-state index in [-0.39, 0.29) is 11.5 Å². The van der Waals surface area contributed by atoms with Crippen LogP contribution in [0.5, 0.6) is 0 Å². The Bertz CT molecular complexity index is 672. The molecule has 0 radical (unpaired) electrons. The normalized spacial score (nSPS) is 9.85. The zero-order valence-electron chi connectivity index (χ0n) is 10.9. The molecule has 0 fully saturated rings. The fraction of sp³-hybridized carbons (Fsp3) is 0.125. The van der Waals surface area contributed by atoms with Gasteiger partial charge in [-0.2, -0.15) is 5.26 Å². The molecule has 2 aromatic carbocycles. The molecule has 2 aromatic rings. The van der Waals surface area contributed by atoms with Gasteiger partial charge in [-0.25, -0.2) is 9.18 Å². The molecule has 0 amide bonds. The summed E-state index contributed by atoms with van der Waals surface area (Å²) in [6.07, 6.45) is 0. The third-order valence-corrected chi connectivity index (χ3v) is 2.82. The molecule has 4 heteroatoms. The summed E-state index contributed by atoms with van der Waals surface area (Å²) in [5, 5.41) is 8.69. The van der Waals surface area contributed by atoms with Crippen LogP contribution in [0.2, 0.25) is 0 Å². The van der Waals surface area contributed by atoms with E-state index in [1.165, 1.54) is 12.1 Å². The molecule has 0 atom stereocenters. The average Bonchev–Trinajstić information content (AvgIpc) is 2.47. The Kier molecular flexibility index (Phi) is 4.11. The average molecular weight is 269 g/mol. The number of carbonyl (C=O) groups is 1. The van der Waals surface area contributed by atoms with Gasteiger partial charge >= 0.3 is 5.97 Å². The highest BCUT2D eigenvalue weighted by Crippen LogP contribution is 2.22. The smallest absolute Gasteiger partial charge is 0.338 e. The molecule has 0 unspecified atom stereocenters. The lowest BCUT2D eigenvalue weighted by Crippen LogP contribution is -2.04. The van der Waals surface area contributed by atoms with Crippen molar-refractivity contribution in [1.29, 1.82) is 5.26 Å². The molecular formula is C16H12FNO2. The Morgan fingerprint density at radius 3 is 2.40 bits per heavy atom. The molecule has 20 heavy (non-hydrogen) atoms. The van der Waals surface area contributed by atoms with Gasteiger partial charge in [0.2, 0.25) is 0 Å². The van der Waals surface area contributed by atoms with E-state index in [1.54, 1.807) is 43.3 Å². The minimum atomic E-state index is -0.556. The Hall–Kier alpha value is -2.67. The minimum Gasteiger partial charge on any atom is -0.462 e. The van der Waals surface area contributed by atoms with Gasteiger partial charge in [-0.1, -0.05) is 18.2 Å². The van der Waals surface area contributed by atoms with Crippen molar-refractivity contribution in [2.24, 2.45) is 0 Å². The first-order valence-corrected chi connectivity index (χ1v) is 6.13. The molecule has 0 aromatic heterocycles. The molecule has 0 aliphatic rings. The number of nitrogens with zero attached hydrogens (tertiary/aromatic N) is 1. The van der Waals surface area contributed by atoms with Crippen LogP contribution in [0.15, 0.2) is 42.5 Å². The van der Waals surface area contributed by atoms with E-state index in [2.05, 4.69) is 0 Å². The highest BCUT2D eigenvalue weighted by molar-refractivity contribution is 5.90. The van der Waals surface area contributed by atoms with E-state index >= 15 is 0 Å². The van der Waals surface area contributed by atoms with Crippen molar-refractivity contribution in [1.82, 2.24) is 0 Å². The second kappa shape index (κ2) is 5.98. The maximum absolute atomic E-state index is 13.5. The molecule has 0 saturated heterocycles. The maximum atomic E-state index is 13.5. The number of rotatable bonds is 3. The predicted octanol–water partition coefficient (Wildman–Crippen LogP) is 3.54. The molecule has 0 spiro atoms. The Balaban J connectivity index is 2.28. The van der Waals surface area contributed by atoms with Crippen LogP contribution in [0.3, 0.4) is 0 Å². The van der Waals surface area contributed by atoms with Gasteiger partial charge in [0.1, 0.15) is 11.9 Å². The molecular weight excluding hydrogens is 257 g/mol. The van der Waals surface area contributed by atoms with Crippen molar-refractivity contribution in [3.8, 4) is 17.2 Å². The Morgan fingerprint density at radius 1 is 1.20 bits per heavy atom. The number of carbonyl (C=O) groups excluding carboxylic acids is 1. The first-order chi connectivity index (χ1) is 9.65. The molecule has 0 aliphatic heterocycles. The third-order valence-electron chi connectivity index (χ3n) is 2.82. The van der Waals surface area contributed by atoms with Crippen LogP contribution in [0.1, 0.15) is 22.8 Å². The number of nitriles is 1. The zero-order valence-corrected chi connectivity index (χ0v) is 10.9. The Labute approximate surface area is 116 Å². The van der Waals surface area contributed by atoms with Gasteiger partial charge in [0.25, 0.3) is 0 Å². The SMILES string of the molecule is CCOC(=O)c1ccc(-c2ccc(C#N)c(F)c2)cc1. The van der Waals surface area contributed by atoms with Crippen LogP contribution in [0.4, 0.5) is 4.39 Å². The quantitative estimate of drug-likeness (QED) is 0.801. The van der Waals surface area contributed by atoms with Crippen molar-refractivity contribution in [3.05, 3.63) is 59.4 Å². The van der Waals surface area contributed by atoms with Gasteiger partial charge < -0.3 is 4.74 Å². The van der Waals surface area contributed by atoms with Crippen molar-refractivity contribution < 1.29 is 13.9 Å². The van der Waals surface area contributed by atoms with Crippen LogP contribution in [-0.4, -0.2) is 12.6 Å². The van der Waals surface area contributed by atoms with Crippen molar-refractivity contribution in [2.45, 2.75) is 6.92 Å². The highest BCUT2D eigenvalue weighted by Gasteiger charge is 2.08. The number of halogens is 1. The standard InChI is InChI=1S/C16H12FNO2/c1-2-20-16(19)12-5-3-11(4-6-12)13-7-8-14(10-18)15(17)9-13/h3-9H,2H2,1H3. The fourth-order valence-electron chi connectivity index (χ4n) is 1.80. The topological polar surface area (TPSA) is 50.1 Å². The van der Waals surface area contributed by atoms with Crippen LogP contribution >= 0.6 is 0 Å². The zero-order chi connectivity index (χ0) is 14.5. The maximum Gasteiger partial charge on any atom is 0.338 e. The number of benzene rings is 2. The van der Waals surface area contributed by atoms with Gasteiger partial charge in [-0.05, 0) is 42.3 Å². The second-order valence-corrected chi connectivity index (χ2v) is 4.10. The molecule has 2 rings (SSSR count). The minimum absolute atomic E-state index is 0.0110. The molecule has 0 saturated carbocycles. The van der Waals surface area contributed by atoms with Crippen LogP contribution in [0, 0.1) is 17.1 Å². The summed E-state index contributed by atoms with van der Waals surface area (Å²) in [4.78, 5) is 11.5. The van der Waals surface area contributed by atoms with Gasteiger partial charge in [-0.3, -0.25) is 0 Å². The summed E-state index contributed by atoms with van der Waals surface area (Å²) >= 11 is 0. The predicted molar refractivity (Wildman–Crippen MR) is 72.5 cm³/mol. The van der Waals surface area contributed by atoms with Crippen LogP contribution in [-0.2, 0) is 4.74 Å². The van der Waals surface area contributed by atoms with E-state index in [9.17, 15) is 9.18 Å². The van der Waals surface area contributed by atoms with Crippen LogP contribution in [0.25, 0.3) is 11.1 Å². The van der Waals surface area contributed by atoms with Gasteiger partial charge in [-0.15, -0.1) is 0 Å². The van der Waals surface area contributed by atoms with E-state index in [0.29, 0.717) is 17.7 Å². The number of ether oxygens (including phenoxy) is 1. The first kappa shape index (κ1) is 13.8. The fourth-order valence-corrected chi connectivity index (χ4v) is 1.80. The monoisotopic (exact) mass is 269 g/mol. The van der Waals surface area contributed by atoms with Gasteiger partial charge in [0.15, 0.2) is 0 Å². The lowest BCUT2D eigenvalue weighted by Gasteiger charge is -2.05. The van der Waals surface area contributed by atoms with Crippen molar-refractivity contribution in [3.63, 3.8) is 0 Å². The highest BCUT2D eigenvalue weighted by atomic mass is 19.1. The molecule has 0 bridgehead atoms. The van der Waals surface area contributed by atoms with Crippen molar-refractivity contribution in [2.75, 3.05) is 6.61 Å². The third kappa shape index (κ3) is 2.83. The summed E-state index contributed by atoms with van der Waals surface area (Å²) in [6, 6.07) is 12.9. The second-order valence-electron chi connectivity index (χ2n) is 4.10. The lowest BCUT2D eigenvalue weighted by molar-refractivity contribution is 0.0526. The summed E-state index contributed by atoms with van der Waals surface area (Å²) < 4.78 is 18.4. The van der Waals surface area contributed by atoms with Crippen LogP contribution < -0.4 is 0 Å². The van der Waals surface area contributed by atoms with E-state index < -0.39 is 5.82 Å². The van der Waals surface area contributed by atoms with E-state index in [1.807, 2.05) is 0 Å². The molecule has 100 valence electrons. The lowest BCUT2D eigenvalue weighted by atomic mass is 10.0. The number of esters is 1. The summed E-state index contributed by atoms with van der Waals surface area (Å²) in [6.45, 7) is 2.06.